The smallest absolute Gasteiger partial charge is 0.417 e. The van der Waals surface area contributed by atoms with Gasteiger partial charge in [0.1, 0.15) is 6.04 Å². The van der Waals surface area contributed by atoms with E-state index in [4.69, 9.17) is 11.6 Å². The highest BCUT2D eigenvalue weighted by Gasteiger charge is 2.47. The summed E-state index contributed by atoms with van der Waals surface area (Å²) in [5.41, 5.74) is -1.37. The number of benzene rings is 1. The van der Waals surface area contributed by atoms with Gasteiger partial charge in [-0.1, -0.05) is 17.7 Å². The van der Waals surface area contributed by atoms with Gasteiger partial charge in [-0.2, -0.15) is 13.2 Å². The Morgan fingerprint density at radius 1 is 1.35 bits per heavy atom. The van der Waals surface area contributed by atoms with Gasteiger partial charge in [-0.3, -0.25) is 0 Å². The largest absolute Gasteiger partial charge is 0.443 e. The molecule has 1 amide bonds. The maximum atomic E-state index is 13.6. The number of rotatable bonds is 1. The summed E-state index contributed by atoms with van der Waals surface area (Å²) < 4.78 is 68.9. The van der Waals surface area contributed by atoms with Crippen molar-refractivity contribution in [3.8, 4) is 0 Å². The van der Waals surface area contributed by atoms with Crippen molar-refractivity contribution in [2.75, 3.05) is 6.61 Å². The Bertz CT molecular complexity index is 546. The number of amides is 1. The van der Waals surface area contributed by atoms with Gasteiger partial charge in [0.15, 0.2) is 6.61 Å². The zero-order valence-electron chi connectivity index (χ0n) is 9.60. The predicted molar refractivity (Wildman–Crippen MR) is 58.6 cm³/mol. The summed E-state index contributed by atoms with van der Waals surface area (Å²) in [5, 5.41) is 1.14. The molecular weight excluding hydrogens is 309 g/mol. The Labute approximate surface area is 114 Å². The van der Waals surface area contributed by atoms with E-state index in [2.05, 4.69) is 4.74 Å². The molecule has 0 bridgehead atoms. The molecule has 2 rings (SSSR count). The van der Waals surface area contributed by atoms with Crippen molar-refractivity contribution in [2.24, 2.45) is 0 Å². The Kier molecular flexibility index (Phi) is 3.53. The summed E-state index contributed by atoms with van der Waals surface area (Å²) in [6, 6.07) is 0.409. The third kappa shape index (κ3) is 2.79. The molecule has 0 unspecified atom stereocenters. The SMILES string of the molecule is O=C1N[C@@H](c2ccc(C(F)(F)F)c(Cl)c2)C(F)(F)CO1. The van der Waals surface area contributed by atoms with Crippen molar-refractivity contribution >= 4 is 17.7 Å². The van der Waals surface area contributed by atoms with E-state index in [1.54, 1.807) is 0 Å². The number of hydrogen-bond acceptors (Lipinski definition) is 2. The molecular formula is C11H7ClF5NO2. The summed E-state index contributed by atoms with van der Waals surface area (Å²) in [6.45, 7) is -1.15. The molecule has 0 radical (unpaired) electrons. The molecule has 0 aliphatic carbocycles. The minimum Gasteiger partial charge on any atom is -0.443 e. The molecule has 1 atom stereocenters. The quantitative estimate of drug-likeness (QED) is 0.801. The van der Waals surface area contributed by atoms with Crippen LogP contribution in [0.25, 0.3) is 0 Å². The van der Waals surface area contributed by atoms with Crippen LogP contribution in [0.3, 0.4) is 0 Å². The summed E-state index contributed by atoms with van der Waals surface area (Å²) in [6.07, 6.45) is -5.76. The molecule has 0 aromatic heterocycles. The molecule has 1 aliphatic heterocycles. The standard InChI is InChI=1S/C11H7ClF5NO2/c12-7-3-5(1-2-6(7)11(15,16)17)8-10(13,14)4-20-9(19)18-8/h1-3,8H,4H2,(H,18,19)/t8-/m0/s1. The van der Waals surface area contributed by atoms with E-state index in [0.29, 0.717) is 6.07 Å². The minimum atomic E-state index is -4.68. The maximum Gasteiger partial charge on any atom is 0.417 e. The van der Waals surface area contributed by atoms with Gasteiger partial charge < -0.3 is 10.1 Å². The fraction of sp³-hybridized carbons (Fsp3) is 0.364. The lowest BCUT2D eigenvalue weighted by atomic mass is 9.98. The maximum absolute atomic E-state index is 13.6. The number of alkyl halides is 5. The van der Waals surface area contributed by atoms with Crippen LogP contribution >= 0.6 is 11.6 Å². The first-order valence-electron chi connectivity index (χ1n) is 5.29. The lowest BCUT2D eigenvalue weighted by molar-refractivity contribution is -0.137. The van der Waals surface area contributed by atoms with Crippen LogP contribution in [0.1, 0.15) is 17.2 Å². The molecule has 110 valence electrons. The Balaban J connectivity index is 2.38. The van der Waals surface area contributed by atoms with Crippen LogP contribution in [0.5, 0.6) is 0 Å². The monoisotopic (exact) mass is 315 g/mol. The minimum absolute atomic E-state index is 0.232. The van der Waals surface area contributed by atoms with Crippen LogP contribution in [0.4, 0.5) is 26.7 Å². The summed E-state index contributed by atoms with van der Waals surface area (Å²) >= 11 is 5.45. The first-order chi connectivity index (χ1) is 9.11. The first kappa shape index (κ1) is 14.8. The van der Waals surface area contributed by atoms with Crippen LogP contribution in [0.15, 0.2) is 18.2 Å². The molecule has 0 saturated carbocycles. The molecule has 1 fully saturated rings. The van der Waals surface area contributed by atoms with E-state index in [-0.39, 0.29) is 5.56 Å². The number of carbonyl (C=O) groups excluding carboxylic acids is 1. The van der Waals surface area contributed by atoms with E-state index in [0.717, 1.165) is 12.1 Å². The van der Waals surface area contributed by atoms with E-state index >= 15 is 0 Å². The molecule has 9 heteroatoms. The second-order valence-electron chi connectivity index (χ2n) is 4.15. The normalized spacial score (nSPS) is 22.1. The third-order valence-corrected chi connectivity index (χ3v) is 3.02. The molecule has 1 aromatic carbocycles. The molecule has 1 N–H and O–H groups in total. The van der Waals surface area contributed by atoms with Crippen LogP contribution in [-0.4, -0.2) is 18.6 Å². The van der Waals surface area contributed by atoms with Crippen molar-refractivity contribution in [2.45, 2.75) is 18.1 Å². The van der Waals surface area contributed by atoms with Gasteiger partial charge in [-0.15, -0.1) is 0 Å². The third-order valence-electron chi connectivity index (χ3n) is 2.71. The second-order valence-corrected chi connectivity index (χ2v) is 4.56. The molecule has 1 aromatic rings. The van der Waals surface area contributed by atoms with Gasteiger partial charge in [-0.25, -0.2) is 13.6 Å². The first-order valence-corrected chi connectivity index (χ1v) is 5.67. The van der Waals surface area contributed by atoms with Crippen LogP contribution < -0.4 is 5.32 Å². The van der Waals surface area contributed by atoms with Gasteiger partial charge >= 0.3 is 18.2 Å². The average Bonchev–Trinajstić information content (AvgIpc) is 2.30. The predicted octanol–water partition coefficient (Wildman–Crippen LogP) is 3.78. The summed E-state index contributed by atoms with van der Waals surface area (Å²) in [5.74, 6) is -3.45. The van der Waals surface area contributed by atoms with Crippen molar-refractivity contribution in [1.82, 2.24) is 5.32 Å². The number of nitrogens with one attached hydrogen (secondary N) is 1. The van der Waals surface area contributed by atoms with Crippen molar-refractivity contribution in [1.29, 1.82) is 0 Å². The number of cyclic esters (lactones) is 1. The van der Waals surface area contributed by atoms with Crippen molar-refractivity contribution in [3.63, 3.8) is 0 Å². The fourth-order valence-corrected chi connectivity index (χ4v) is 2.07. The zero-order chi connectivity index (χ0) is 15.1. The number of ether oxygens (including phenoxy) is 1. The topological polar surface area (TPSA) is 38.3 Å². The van der Waals surface area contributed by atoms with E-state index < -0.39 is 41.4 Å². The van der Waals surface area contributed by atoms with E-state index in [1.807, 2.05) is 5.32 Å². The van der Waals surface area contributed by atoms with Crippen molar-refractivity contribution < 1.29 is 31.5 Å². The number of hydrogen-bond donors (Lipinski definition) is 1. The molecule has 1 aliphatic rings. The van der Waals surface area contributed by atoms with Gasteiger partial charge in [0.25, 0.3) is 0 Å². The summed E-state index contributed by atoms with van der Waals surface area (Å²) in [7, 11) is 0. The number of carbonyl (C=O) groups is 1. The highest BCUT2D eigenvalue weighted by Crippen LogP contribution is 2.39. The Hall–Kier alpha value is -1.57. The molecule has 20 heavy (non-hydrogen) atoms. The molecule has 1 saturated heterocycles. The van der Waals surface area contributed by atoms with Gasteiger partial charge in [0, 0.05) is 0 Å². The van der Waals surface area contributed by atoms with E-state index in [1.165, 1.54) is 0 Å². The van der Waals surface area contributed by atoms with Crippen LogP contribution in [0.2, 0.25) is 5.02 Å². The van der Waals surface area contributed by atoms with Gasteiger partial charge in [0.2, 0.25) is 0 Å². The Morgan fingerprint density at radius 2 is 2.00 bits per heavy atom. The summed E-state index contributed by atoms with van der Waals surface area (Å²) in [4.78, 5) is 11.0. The van der Waals surface area contributed by atoms with Crippen LogP contribution in [-0.2, 0) is 10.9 Å². The zero-order valence-corrected chi connectivity index (χ0v) is 10.4. The van der Waals surface area contributed by atoms with Crippen molar-refractivity contribution in [3.05, 3.63) is 34.3 Å². The molecule has 0 spiro atoms. The van der Waals surface area contributed by atoms with Gasteiger partial charge in [-0.05, 0) is 17.7 Å². The fourth-order valence-electron chi connectivity index (χ4n) is 1.78. The molecule has 3 nitrogen and oxygen atoms in total. The number of alkyl carbamates (subject to hydrolysis) is 1. The number of halogens is 6. The van der Waals surface area contributed by atoms with E-state index in [9.17, 15) is 26.7 Å². The average molecular weight is 316 g/mol. The van der Waals surface area contributed by atoms with Crippen LogP contribution in [0, 0.1) is 0 Å². The highest BCUT2D eigenvalue weighted by molar-refractivity contribution is 6.31. The highest BCUT2D eigenvalue weighted by atomic mass is 35.5. The van der Waals surface area contributed by atoms with Gasteiger partial charge in [0.05, 0.1) is 10.6 Å². The lowest BCUT2D eigenvalue weighted by Crippen LogP contribution is -2.49. The Morgan fingerprint density at radius 3 is 2.55 bits per heavy atom. The lowest BCUT2D eigenvalue weighted by Gasteiger charge is -2.32. The second kappa shape index (κ2) is 4.76. The molecule has 1 heterocycles.